The van der Waals surface area contributed by atoms with Crippen LogP contribution < -0.4 is 0 Å². The molecule has 0 fully saturated rings. The second-order valence-corrected chi connectivity index (χ2v) is 8.94. The zero-order chi connectivity index (χ0) is 20.4. The highest BCUT2D eigenvalue weighted by Crippen LogP contribution is 2.36. The topological polar surface area (TPSA) is 25.2 Å². The third-order valence-corrected chi connectivity index (χ3v) is 6.15. The lowest BCUT2D eigenvalue weighted by atomic mass is 9.92. The average Bonchev–Trinajstić information content (AvgIpc) is 3.16. The Morgan fingerprint density at radius 2 is 1.38 bits per heavy atom. The molecule has 146 valence electrons. The van der Waals surface area contributed by atoms with Crippen LogP contribution in [-0.2, 0) is 0 Å². The van der Waals surface area contributed by atoms with Gasteiger partial charge in [-0.15, -0.1) is 11.3 Å². The largest absolute Gasteiger partial charge is 0.245 e. The smallest absolute Gasteiger partial charge is 0.143 e. The summed E-state index contributed by atoms with van der Waals surface area (Å²) in [5.74, 6) is 0.805. The van der Waals surface area contributed by atoms with Gasteiger partial charge in [-0.25, -0.2) is 9.98 Å². The molecular weight excluding hydrogens is 372 g/mol. The quantitative estimate of drug-likeness (QED) is 0.316. The number of para-hydroxylation sites is 2. The van der Waals surface area contributed by atoms with Crippen LogP contribution in [0.5, 0.6) is 0 Å². The van der Waals surface area contributed by atoms with E-state index in [0.717, 1.165) is 27.5 Å². The Bertz CT molecular complexity index is 1090. The van der Waals surface area contributed by atoms with Gasteiger partial charge >= 0.3 is 0 Å². The molecule has 3 heteroatoms. The summed E-state index contributed by atoms with van der Waals surface area (Å²) in [6, 6.07) is 25.3. The van der Waals surface area contributed by atoms with Gasteiger partial charge in [-0.1, -0.05) is 88.4 Å². The molecular formula is C26H26N2S. The van der Waals surface area contributed by atoms with Crippen molar-refractivity contribution in [3.05, 3.63) is 94.5 Å². The average molecular weight is 399 g/mol. The summed E-state index contributed by atoms with van der Waals surface area (Å²) in [5.41, 5.74) is 6.73. The molecule has 0 aliphatic heterocycles. The van der Waals surface area contributed by atoms with Crippen LogP contribution in [0.1, 0.15) is 61.2 Å². The summed E-state index contributed by atoms with van der Waals surface area (Å²) >= 11 is 1.71. The van der Waals surface area contributed by atoms with Gasteiger partial charge in [0.25, 0.3) is 0 Å². The van der Waals surface area contributed by atoms with Gasteiger partial charge in [0.05, 0.1) is 15.9 Å². The van der Waals surface area contributed by atoms with Crippen molar-refractivity contribution in [3.8, 4) is 0 Å². The maximum atomic E-state index is 5.30. The second-order valence-electron chi connectivity index (χ2n) is 7.91. The fourth-order valence-electron chi connectivity index (χ4n) is 3.56. The molecule has 0 saturated carbocycles. The van der Waals surface area contributed by atoms with Gasteiger partial charge in [-0.3, -0.25) is 0 Å². The van der Waals surface area contributed by atoms with Gasteiger partial charge in [0.15, 0.2) is 0 Å². The first-order valence-electron chi connectivity index (χ1n) is 10.2. The maximum Gasteiger partial charge on any atom is 0.143 e. The van der Waals surface area contributed by atoms with Crippen LogP contribution in [-0.4, -0.2) is 10.7 Å². The lowest BCUT2D eigenvalue weighted by Crippen LogP contribution is -2.04. The Labute approximate surface area is 177 Å². The molecule has 1 aromatic heterocycles. The molecule has 0 N–H and O–H groups in total. The maximum absolute atomic E-state index is 5.30. The molecule has 0 unspecified atom stereocenters. The van der Waals surface area contributed by atoms with Crippen LogP contribution in [0.25, 0.3) is 10.2 Å². The van der Waals surface area contributed by atoms with Crippen LogP contribution in [0.4, 0.5) is 5.69 Å². The first-order valence-corrected chi connectivity index (χ1v) is 11.0. The predicted octanol–water partition coefficient (Wildman–Crippen LogP) is 7.71. The molecule has 29 heavy (non-hydrogen) atoms. The highest BCUT2D eigenvalue weighted by atomic mass is 32.1. The Balaban J connectivity index is 1.99. The molecule has 0 aliphatic carbocycles. The zero-order valence-corrected chi connectivity index (χ0v) is 18.2. The van der Waals surface area contributed by atoms with Gasteiger partial charge in [0.1, 0.15) is 10.7 Å². The van der Waals surface area contributed by atoms with E-state index in [4.69, 9.17) is 9.98 Å². The summed E-state index contributed by atoms with van der Waals surface area (Å²) in [7, 11) is 0. The minimum atomic E-state index is 0.403. The molecule has 0 amide bonds. The minimum Gasteiger partial charge on any atom is -0.245 e. The van der Waals surface area contributed by atoms with E-state index in [1.807, 2.05) is 12.1 Å². The number of nitrogens with zero attached hydrogens (tertiary/aromatic N) is 2. The van der Waals surface area contributed by atoms with Crippen LogP contribution in [0.3, 0.4) is 0 Å². The molecule has 2 nitrogen and oxygen atoms in total. The van der Waals surface area contributed by atoms with Crippen LogP contribution in [0.15, 0.2) is 77.8 Å². The Morgan fingerprint density at radius 3 is 2.00 bits per heavy atom. The minimum absolute atomic E-state index is 0.403. The van der Waals surface area contributed by atoms with Gasteiger partial charge in [-0.2, -0.15) is 0 Å². The number of benzene rings is 3. The first-order chi connectivity index (χ1) is 14.0. The van der Waals surface area contributed by atoms with E-state index in [9.17, 15) is 0 Å². The number of thiazole rings is 1. The van der Waals surface area contributed by atoms with E-state index in [-0.39, 0.29) is 0 Å². The number of fused-ring (bicyclic) bond motifs is 1. The van der Waals surface area contributed by atoms with Crippen molar-refractivity contribution in [1.29, 1.82) is 0 Å². The van der Waals surface area contributed by atoms with Gasteiger partial charge < -0.3 is 0 Å². The van der Waals surface area contributed by atoms with E-state index < -0.39 is 0 Å². The van der Waals surface area contributed by atoms with Crippen molar-refractivity contribution in [3.63, 3.8) is 0 Å². The molecule has 3 aromatic carbocycles. The number of aromatic nitrogens is 1. The summed E-state index contributed by atoms with van der Waals surface area (Å²) < 4.78 is 1.19. The number of rotatable bonds is 5. The fourth-order valence-corrected chi connectivity index (χ4v) is 4.54. The molecule has 4 rings (SSSR count). The second kappa shape index (κ2) is 8.30. The van der Waals surface area contributed by atoms with Crippen LogP contribution in [0.2, 0.25) is 0 Å². The van der Waals surface area contributed by atoms with E-state index in [0.29, 0.717) is 11.8 Å². The van der Waals surface area contributed by atoms with Gasteiger partial charge in [-0.05, 0) is 35.1 Å². The SMILES string of the molecule is CC(C)c1cccc(C(C)C)c1N=C(c1ccccc1)c1nc2ccccc2s1. The Morgan fingerprint density at radius 1 is 0.759 bits per heavy atom. The highest BCUT2D eigenvalue weighted by Gasteiger charge is 2.18. The lowest BCUT2D eigenvalue weighted by molar-refractivity contribution is 0.834. The van der Waals surface area contributed by atoms with Crippen molar-refractivity contribution < 1.29 is 0 Å². The highest BCUT2D eigenvalue weighted by molar-refractivity contribution is 7.20. The molecule has 1 heterocycles. The Hall–Kier alpha value is -2.78. The molecule has 0 spiro atoms. The number of aliphatic imine (C=N–C) groups is 1. The van der Waals surface area contributed by atoms with E-state index >= 15 is 0 Å². The number of hydrogen-bond acceptors (Lipinski definition) is 3. The van der Waals surface area contributed by atoms with Crippen molar-refractivity contribution in [2.24, 2.45) is 4.99 Å². The predicted molar refractivity (Wildman–Crippen MR) is 126 cm³/mol. The number of hydrogen-bond donors (Lipinski definition) is 0. The molecule has 0 saturated heterocycles. The normalized spacial score (nSPS) is 12.3. The zero-order valence-electron chi connectivity index (χ0n) is 17.4. The summed E-state index contributed by atoms with van der Waals surface area (Å²) in [5, 5.41) is 0.964. The van der Waals surface area contributed by atoms with E-state index in [2.05, 4.69) is 88.4 Å². The van der Waals surface area contributed by atoms with Crippen LogP contribution in [0, 0.1) is 0 Å². The molecule has 0 bridgehead atoms. The lowest BCUT2D eigenvalue weighted by Gasteiger charge is -2.17. The van der Waals surface area contributed by atoms with E-state index in [1.165, 1.54) is 15.8 Å². The van der Waals surface area contributed by atoms with Crippen LogP contribution >= 0.6 is 11.3 Å². The van der Waals surface area contributed by atoms with Gasteiger partial charge in [0.2, 0.25) is 0 Å². The van der Waals surface area contributed by atoms with Crippen molar-refractivity contribution in [2.45, 2.75) is 39.5 Å². The molecule has 4 aromatic rings. The standard InChI is InChI=1S/C26H26N2S/c1-17(2)20-13-10-14-21(18(3)4)25(20)28-24(19-11-6-5-7-12-19)26-27-22-15-8-9-16-23(22)29-26/h5-18H,1-4H3. The monoisotopic (exact) mass is 398 g/mol. The van der Waals surface area contributed by atoms with Crippen molar-refractivity contribution >= 4 is 33.0 Å². The first kappa shape index (κ1) is 19.5. The summed E-state index contributed by atoms with van der Waals surface area (Å²) in [6.07, 6.45) is 0. The molecule has 0 atom stereocenters. The Kier molecular flexibility index (Phi) is 5.59. The third-order valence-electron chi connectivity index (χ3n) is 5.11. The molecule has 0 radical (unpaired) electrons. The summed E-state index contributed by atoms with van der Waals surface area (Å²) in [4.78, 5) is 10.2. The van der Waals surface area contributed by atoms with Crippen molar-refractivity contribution in [2.75, 3.05) is 0 Å². The third kappa shape index (κ3) is 4.01. The van der Waals surface area contributed by atoms with E-state index in [1.54, 1.807) is 11.3 Å². The van der Waals surface area contributed by atoms with Gasteiger partial charge in [0, 0.05) is 5.56 Å². The summed E-state index contributed by atoms with van der Waals surface area (Å²) in [6.45, 7) is 8.94. The van der Waals surface area contributed by atoms with Crippen molar-refractivity contribution in [1.82, 2.24) is 4.98 Å². The molecule has 0 aliphatic rings. The fraction of sp³-hybridized carbons (Fsp3) is 0.231.